The fourth-order valence-electron chi connectivity index (χ4n) is 2.13. The van der Waals surface area contributed by atoms with Crippen LogP contribution in [0.3, 0.4) is 0 Å². The lowest BCUT2D eigenvalue weighted by Gasteiger charge is -2.02. The third-order valence-electron chi connectivity index (χ3n) is 2.76. The van der Waals surface area contributed by atoms with Crippen LogP contribution >= 0.6 is 11.6 Å². The lowest BCUT2D eigenvalue weighted by Crippen LogP contribution is -1.81. The monoisotopic (exact) mass is 200 g/mol. The van der Waals surface area contributed by atoms with Crippen LogP contribution in [0.15, 0.2) is 36.4 Å². The van der Waals surface area contributed by atoms with Crippen LogP contribution in [0.5, 0.6) is 0 Å². The molecule has 14 heavy (non-hydrogen) atoms. The molecule has 0 aromatic heterocycles. The van der Waals surface area contributed by atoms with Crippen molar-refractivity contribution in [3.8, 4) is 0 Å². The maximum Gasteiger partial charge on any atom is 0.0480 e. The Morgan fingerprint density at radius 2 is 1.79 bits per heavy atom. The molecule has 0 saturated heterocycles. The van der Waals surface area contributed by atoms with Crippen molar-refractivity contribution < 1.29 is 0 Å². The summed E-state index contributed by atoms with van der Waals surface area (Å²) >= 11 is 5.91. The van der Waals surface area contributed by atoms with Gasteiger partial charge in [-0.1, -0.05) is 36.4 Å². The summed E-state index contributed by atoms with van der Waals surface area (Å²) in [5.74, 6) is 0.591. The molecule has 2 aromatic rings. The Hall–Kier alpha value is -1.27. The van der Waals surface area contributed by atoms with Crippen molar-refractivity contribution in [1.82, 2.24) is 0 Å². The molecular formula is C13H9Cl. The number of halogens is 1. The Morgan fingerprint density at radius 1 is 1.00 bits per heavy atom. The predicted molar refractivity (Wildman–Crippen MR) is 62.5 cm³/mol. The number of allylic oxidation sites excluding steroid dienone is 1. The van der Waals surface area contributed by atoms with Crippen LogP contribution in [-0.2, 0) is 0 Å². The Balaban J connectivity index is 2.46. The van der Waals surface area contributed by atoms with E-state index < -0.39 is 0 Å². The first kappa shape index (κ1) is 8.07. The van der Waals surface area contributed by atoms with Gasteiger partial charge in [0.05, 0.1) is 0 Å². The van der Waals surface area contributed by atoms with E-state index in [-0.39, 0.29) is 0 Å². The van der Waals surface area contributed by atoms with Crippen molar-refractivity contribution in [3.63, 3.8) is 0 Å². The number of alkyl halides is 1. The average molecular weight is 201 g/mol. The van der Waals surface area contributed by atoms with Crippen molar-refractivity contribution >= 4 is 34.0 Å². The number of hydrogen-bond donors (Lipinski definition) is 0. The molecule has 0 saturated carbocycles. The van der Waals surface area contributed by atoms with E-state index in [1.807, 2.05) is 0 Å². The van der Waals surface area contributed by atoms with Gasteiger partial charge in [0.25, 0.3) is 0 Å². The summed E-state index contributed by atoms with van der Waals surface area (Å²) in [5.41, 5.74) is 3.83. The van der Waals surface area contributed by atoms with E-state index in [2.05, 4.69) is 42.5 Å². The van der Waals surface area contributed by atoms with Gasteiger partial charge < -0.3 is 0 Å². The minimum atomic E-state index is 0.591. The van der Waals surface area contributed by atoms with E-state index in [0.29, 0.717) is 5.88 Å². The summed E-state index contributed by atoms with van der Waals surface area (Å²) in [6.45, 7) is 0. The zero-order valence-electron chi connectivity index (χ0n) is 7.63. The molecule has 1 aliphatic rings. The van der Waals surface area contributed by atoms with Crippen LogP contribution in [-0.4, -0.2) is 5.88 Å². The second-order valence-corrected chi connectivity index (χ2v) is 3.82. The van der Waals surface area contributed by atoms with Gasteiger partial charge in [0, 0.05) is 5.88 Å². The Labute approximate surface area is 87.8 Å². The van der Waals surface area contributed by atoms with Crippen LogP contribution in [0.25, 0.3) is 22.4 Å². The van der Waals surface area contributed by atoms with Gasteiger partial charge >= 0.3 is 0 Å². The number of rotatable bonds is 1. The molecule has 0 radical (unpaired) electrons. The van der Waals surface area contributed by atoms with Crippen molar-refractivity contribution in [2.75, 3.05) is 5.88 Å². The van der Waals surface area contributed by atoms with Gasteiger partial charge in [0.15, 0.2) is 0 Å². The van der Waals surface area contributed by atoms with Crippen LogP contribution in [0, 0.1) is 0 Å². The van der Waals surface area contributed by atoms with E-state index in [0.717, 1.165) is 0 Å². The van der Waals surface area contributed by atoms with Crippen LogP contribution in [0.2, 0.25) is 0 Å². The summed E-state index contributed by atoms with van der Waals surface area (Å²) in [4.78, 5) is 0. The van der Waals surface area contributed by atoms with Gasteiger partial charge in [0.2, 0.25) is 0 Å². The van der Waals surface area contributed by atoms with Crippen molar-refractivity contribution in [1.29, 1.82) is 0 Å². The smallest absolute Gasteiger partial charge is 0.0480 e. The Kier molecular flexibility index (Phi) is 1.65. The summed E-state index contributed by atoms with van der Waals surface area (Å²) < 4.78 is 0. The molecule has 0 fully saturated rings. The molecule has 0 N–H and O–H groups in total. The maximum atomic E-state index is 5.91. The fraction of sp³-hybridized carbons (Fsp3) is 0.0769. The van der Waals surface area contributed by atoms with Crippen molar-refractivity contribution in [2.24, 2.45) is 0 Å². The quantitative estimate of drug-likeness (QED) is 0.612. The highest BCUT2D eigenvalue weighted by Gasteiger charge is 2.14. The topological polar surface area (TPSA) is 0 Å². The van der Waals surface area contributed by atoms with Gasteiger partial charge in [-0.3, -0.25) is 0 Å². The first-order valence-corrected chi connectivity index (χ1v) is 5.22. The molecule has 0 unspecified atom stereocenters. The van der Waals surface area contributed by atoms with Gasteiger partial charge in [-0.25, -0.2) is 0 Å². The summed E-state index contributed by atoms with van der Waals surface area (Å²) in [6, 6.07) is 12.8. The molecule has 0 heterocycles. The Bertz CT molecular complexity index is 533. The summed E-state index contributed by atoms with van der Waals surface area (Å²) in [5, 5.41) is 2.65. The molecule has 1 aliphatic carbocycles. The highest BCUT2D eigenvalue weighted by Crippen LogP contribution is 2.36. The van der Waals surface area contributed by atoms with E-state index in [9.17, 15) is 0 Å². The van der Waals surface area contributed by atoms with Crippen molar-refractivity contribution in [2.45, 2.75) is 0 Å². The highest BCUT2D eigenvalue weighted by molar-refractivity contribution is 6.26. The normalized spacial score (nSPS) is 13.4. The predicted octanol–water partition coefficient (Wildman–Crippen LogP) is 3.93. The fourth-order valence-corrected chi connectivity index (χ4v) is 2.36. The number of hydrogen-bond acceptors (Lipinski definition) is 0. The SMILES string of the molecule is ClCC1=Cc2cccc3cccc1c23. The molecule has 0 nitrogen and oxygen atoms in total. The molecule has 3 rings (SSSR count). The second kappa shape index (κ2) is 2.86. The molecule has 0 amide bonds. The molecule has 2 aromatic carbocycles. The third kappa shape index (κ3) is 0.948. The zero-order valence-corrected chi connectivity index (χ0v) is 8.38. The lowest BCUT2D eigenvalue weighted by atomic mass is 10.0. The molecule has 0 spiro atoms. The van der Waals surface area contributed by atoms with E-state index in [4.69, 9.17) is 11.6 Å². The van der Waals surface area contributed by atoms with Crippen molar-refractivity contribution in [3.05, 3.63) is 47.5 Å². The van der Waals surface area contributed by atoms with Gasteiger partial charge in [0.1, 0.15) is 0 Å². The van der Waals surface area contributed by atoms with E-state index in [1.165, 1.54) is 27.5 Å². The standard InChI is InChI=1S/C13H9Cl/c14-8-11-7-10-5-1-3-9-4-2-6-12(11)13(9)10/h1-7H,8H2. The number of benzene rings is 2. The van der Waals surface area contributed by atoms with Crippen LogP contribution in [0.1, 0.15) is 11.1 Å². The highest BCUT2D eigenvalue weighted by atomic mass is 35.5. The molecule has 0 aliphatic heterocycles. The zero-order chi connectivity index (χ0) is 9.54. The molecular weight excluding hydrogens is 192 g/mol. The minimum Gasteiger partial charge on any atom is -0.122 e. The van der Waals surface area contributed by atoms with E-state index >= 15 is 0 Å². The van der Waals surface area contributed by atoms with E-state index in [1.54, 1.807) is 0 Å². The largest absolute Gasteiger partial charge is 0.122 e. The minimum absolute atomic E-state index is 0.591. The summed E-state index contributed by atoms with van der Waals surface area (Å²) in [7, 11) is 0. The van der Waals surface area contributed by atoms with Gasteiger partial charge in [-0.15, -0.1) is 11.6 Å². The van der Waals surface area contributed by atoms with Crippen LogP contribution < -0.4 is 0 Å². The first-order valence-electron chi connectivity index (χ1n) is 4.69. The molecule has 1 heteroatoms. The van der Waals surface area contributed by atoms with Gasteiger partial charge in [-0.2, -0.15) is 0 Å². The van der Waals surface area contributed by atoms with Gasteiger partial charge in [-0.05, 0) is 33.5 Å². The lowest BCUT2D eigenvalue weighted by molar-refractivity contribution is 1.67. The first-order chi connectivity index (χ1) is 6.90. The molecule has 0 bridgehead atoms. The summed E-state index contributed by atoms with van der Waals surface area (Å²) in [6.07, 6.45) is 2.19. The van der Waals surface area contributed by atoms with Crippen LogP contribution in [0.4, 0.5) is 0 Å². The maximum absolute atomic E-state index is 5.91. The second-order valence-electron chi connectivity index (χ2n) is 3.55. The average Bonchev–Trinajstić information content (AvgIpc) is 2.60. The molecule has 0 atom stereocenters. The Morgan fingerprint density at radius 3 is 2.57 bits per heavy atom. The molecule has 68 valence electrons. The third-order valence-corrected chi connectivity index (χ3v) is 3.04.